The fourth-order valence-corrected chi connectivity index (χ4v) is 2.71. The Kier molecular flexibility index (Phi) is 4.92. The summed E-state index contributed by atoms with van der Waals surface area (Å²) >= 11 is 0. The first-order valence-corrected chi connectivity index (χ1v) is 7.97. The number of benzene rings is 1. The lowest BCUT2D eigenvalue weighted by atomic mass is 10.0. The lowest BCUT2D eigenvalue weighted by Crippen LogP contribution is -2.45. The molecule has 0 saturated heterocycles. The van der Waals surface area contributed by atoms with E-state index in [1.54, 1.807) is 6.20 Å². The molecule has 6 nitrogen and oxygen atoms in total. The number of carbonyl (C=O) groups excluding carboxylic acids is 1. The van der Waals surface area contributed by atoms with Crippen molar-refractivity contribution in [2.24, 2.45) is 0 Å². The summed E-state index contributed by atoms with van der Waals surface area (Å²) in [6, 6.07) is 9.53. The summed E-state index contributed by atoms with van der Waals surface area (Å²) in [6.45, 7) is 3.94. The lowest BCUT2D eigenvalue weighted by Gasteiger charge is -2.27. The van der Waals surface area contributed by atoms with Gasteiger partial charge in [0.25, 0.3) is 0 Å². The van der Waals surface area contributed by atoms with E-state index in [9.17, 15) is 4.79 Å². The normalized spacial score (nSPS) is 17.9. The maximum Gasteiger partial charge on any atom is 0.237 e. The zero-order valence-electron chi connectivity index (χ0n) is 13.2. The minimum absolute atomic E-state index is 0.00664. The average molecular weight is 314 g/mol. The van der Waals surface area contributed by atoms with Crippen molar-refractivity contribution in [1.82, 2.24) is 20.4 Å². The highest BCUT2D eigenvalue weighted by atomic mass is 16.5. The van der Waals surface area contributed by atoms with Crippen molar-refractivity contribution >= 4 is 5.91 Å². The van der Waals surface area contributed by atoms with Crippen LogP contribution in [-0.4, -0.2) is 34.9 Å². The molecule has 1 aromatic carbocycles. The molecule has 1 aliphatic rings. The van der Waals surface area contributed by atoms with E-state index in [-0.39, 0.29) is 18.0 Å². The van der Waals surface area contributed by atoms with Gasteiger partial charge < -0.3 is 15.4 Å². The molecule has 1 aromatic heterocycles. The first kappa shape index (κ1) is 15.6. The SMILES string of the molecule is C[C@@H](NCCn1cccn1)C(=O)N[C@@H]1CCOc2ccccc21. The molecule has 1 amide bonds. The van der Waals surface area contributed by atoms with Crippen LogP contribution in [0.3, 0.4) is 0 Å². The molecule has 2 aromatic rings. The predicted molar refractivity (Wildman–Crippen MR) is 87.1 cm³/mol. The van der Waals surface area contributed by atoms with Gasteiger partial charge in [-0.1, -0.05) is 18.2 Å². The fourth-order valence-electron chi connectivity index (χ4n) is 2.71. The Morgan fingerprint density at radius 3 is 3.13 bits per heavy atom. The molecule has 0 saturated carbocycles. The topological polar surface area (TPSA) is 68.2 Å². The summed E-state index contributed by atoms with van der Waals surface area (Å²) in [4.78, 5) is 12.4. The van der Waals surface area contributed by atoms with Crippen molar-refractivity contribution in [1.29, 1.82) is 0 Å². The van der Waals surface area contributed by atoms with Crippen molar-refractivity contribution in [3.8, 4) is 5.75 Å². The molecule has 0 bridgehead atoms. The van der Waals surface area contributed by atoms with Crippen LogP contribution >= 0.6 is 0 Å². The fraction of sp³-hybridized carbons (Fsp3) is 0.412. The van der Waals surface area contributed by atoms with Gasteiger partial charge in [0.1, 0.15) is 5.75 Å². The Labute approximate surface area is 135 Å². The summed E-state index contributed by atoms with van der Waals surface area (Å²) in [5.41, 5.74) is 1.05. The molecule has 3 rings (SSSR count). The van der Waals surface area contributed by atoms with Crippen LogP contribution in [0.25, 0.3) is 0 Å². The Hall–Kier alpha value is -2.34. The highest BCUT2D eigenvalue weighted by Gasteiger charge is 2.24. The summed E-state index contributed by atoms with van der Waals surface area (Å²) < 4.78 is 7.46. The van der Waals surface area contributed by atoms with E-state index in [1.165, 1.54) is 0 Å². The molecule has 2 N–H and O–H groups in total. The smallest absolute Gasteiger partial charge is 0.237 e. The van der Waals surface area contributed by atoms with Gasteiger partial charge >= 0.3 is 0 Å². The third kappa shape index (κ3) is 3.90. The number of hydrogen-bond donors (Lipinski definition) is 2. The van der Waals surface area contributed by atoms with Gasteiger partial charge in [0.05, 0.1) is 25.2 Å². The van der Waals surface area contributed by atoms with E-state index in [0.29, 0.717) is 13.2 Å². The number of amides is 1. The third-order valence-electron chi connectivity index (χ3n) is 4.02. The molecule has 0 radical (unpaired) electrons. The number of carbonyl (C=O) groups is 1. The largest absolute Gasteiger partial charge is 0.493 e. The molecule has 0 aliphatic carbocycles. The maximum atomic E-state index is 12.4. The van der Waals surface area contributed by atoms with E-state index in [0.717, 1.165) is 24.3 Å². The zero-order chi connectivity index (χ0) is 16.1. The molecule has 0 spiro atoms. The maximum absolute atomic E-state index is 12.4. The van der Waals surface area contributed by atoms with E-state index in [1.807, 2.05) is 48.1 Å². The van der Waals surface area contributed by atoms with Crippen LogP contribution in [0.2, 0.25) is 0 Å². The molecule has 122 valence electrons. The van der Waals surface area contributed by atoms with E-state index in [4.69, 9.17) is 4.74 Å². The van der Waals surface area contributed by atoms with Gasteiger partial charge in [-0.2, -0.15) is 5.10 Å². The van der Waals surface area contributed by atoms with Crippen molar-refractivity contribution in [2.45, 2.75) is 32.0 Å². The van der Waals surface area contributed by atoms with Crippen LogP contribution in [0.5, 0.6) is 5.75 Å². The van der Waals surface area contributed by atoms with Gasteiger partial charge in [-0.05, 0) is 19.1 Å². The van der Waals surface area contributed by atoms with Gasteiger partial charge in [-0.3, -0.25) is 9.48 Å². The van der Waals surface area contributed by atoms with Crippen molar-refractivity contribution in [3.05, 3.63) is 48.3 Å². The second-order valence-corrected chi connectivity index (χ2v) is 5.68. The standard InChI is InChI=1S/C17H22N4O2/c1-13(18-9-11-21-10-4-8-19-21)17(22)20-15-7-12-23-16-6-3-2-5-14(15)16/h2-6,8,10,13,15,18H,7,9,11-12H2,1H3,(H,20,22)/t13-,15-/m1/s1. The van der Waals surface area contributed by atoms with Gasteiger partial charge in [-0.25, -0.2) is 0 Å². The average Bonchev–Trinajstić information content (AvgIpc) is 3.08. The van der Waals surface area contributed by atoms with Crippen LogP contribution in [0.4, 0.5) is 0 Å². The zero-order valence-corrected chi connectivity index (χ0v) is 13.2. The number of nitrogens with one attached hydrogen (secondary N) is 2. The number of rotatable bonds is 6. The van der Waals surface area contributed by atoms with E-state index >= 15 is 0 Å². The molecule has 2 atom stereocenters. The first-order valence-electron chi connectivity index (χ1n) is 7.97. The minimum Gasteiger partial charge on any atom is -0.493 e. The lowest BCUT2D eigenvalue weighted by molar-refractivity contribution is -0.123. The Bertz CT molecular complexity index is 642. The summed E-state index contributed by atoms with van der Waals surface area (Å²) in [7, 11) is 0. The molecule has 0 unspecified atom stereocenters. The van der Waals surface area contributed by atoms with Crippen LogP contribution in [0, 0.1) is 0 Å². The monoisotopic (exact) mass is 314 g/mol. The minimum atomic E-state index is -0.249. The van der Waals surface area contributed by atoms with Crippen molar-refractivity contribution in [3.63, 3.8) is 0 Å². The van der Waals surface area contributed by atoms with Crippen LogP contribution in [-0.2, 0) is 11.3 Å². The second-order valence-electron chi connectivity index (χ2n) is 5.68. The number of hydrogen-bond acceptors (Lipinski definition) is 4. The molecular weight excluding hydrogens is 292 g/mol. The quantitative estimate of drug-likeness (QED) is 0.848. The highest BCUT2D eigenvalue weighted by Crippen LogP contribution is 2.31. The molecule has 23 heavy (non-hydrogen) atoms. The van der Waals surface area contributed by atoms with Crippen molar-refractivity contribution < 1.29 is 9.53 Å². The van der Waals surface area contributed by atoms with Crippen LogP contribution in [0.1, 0.15) is 24.9 Å². The molecule has 0 fully saturated rings. The summed E-state index contributed by atoms with van der Waals surface area (Å²) in [6.07, 6.45) is 4.45. The number of ether oxygens (including phenoxy) is 1. The third-order valence-corrected chi connectivity index (χ3v) is 4.02. The van der Waals surface area contributed by atoms with Crippen LogP contribution < -0.4 is 15.4 Å². The molecule has 1 aliphatic heterocycles. The van der Waals surface area contributed by atoms with Crippen molar-refractivity contribution in [2.75, 3.05) is 13.2 Å². The summed E-state index contributed by atoms with van der Waals surface area (Å²) in [5, 5.41) is 10.5. The van der Waals surface area contributed by atoms with Gasteiger partial charge in [0.2, 0.25) is 5.91 Å². The predicted octanol–water partition coefficient (Wildman–Crippen LogP) is 1.50. The van der Waals surface area contributed by atoms with Gasteiger partial charge in [0.15, 0.2) is 0 Å². The molecule has 2 heterocycles. The molecule has 6 heteroatoms. The molecular formula is C17H22N4O2. The second kappa shape index (κ2) is 7.28. The number of aromatic nitrogens is 2. The number of para-hydroxylation sites is 1. The highest BCUT2D eigenvalue weighted by molar-refractivity contribution is 5.81. The van der Waals surface area contributed by atoms with Gasteiger partial charge in [0, 0.05) is 30.9 Å². The first-order chi connectivity index (χ1) is 11.2. The Morgan fingerprint density at radius 1 is 1.43 bits per heavy atom. The Morgan fingerprint density at radius 2 is 2.30 bits per heavy atom. The number of fused-ring (bicyclic) bond motifs is 1. The van der Waals surface area contributed by atoms with E-state index in [2.05, 4.69) is 15.7 Å². The van der Waals surface area contributed by atoms with Gasteiger partial charge in [-0.15, -0.1) is 0 Å². The van der Waals surface area contributed by atoms with Crippen LogP contribution in [0.15, 0.2) is 42.7 Å². The van der Waals surface area contributed by atoms with E-state index < -0.39 is 0 Å². The number of nitrogens with zero attached hydrogens (tertiary/aromatic N) is 2. The Balaban J connectivity index is 1.50. The summed E-state index contributed by atoms with van der Waals surface area (Å²) in [5.74, 6) is 0.871.